The van der Waals surface area contributed by atoms with E-state index in [2.05, 4.69) is 22.4 Å². The molecule has 0 radical (unpaired) electrons. The average Bonchev–Trinajstić information content (AvgIpc) is 3.11. The van der Waals surface area contributed by atoms with Crippen molar-refractivity contribution in [3.05, 3.63) is 71.4 Å². The smallest absolute Gasteiger partial charge is 0.237 e. The first-order valence-electron chi connectivity index (χ1n) is 8.79. The summed E-state index contributed by atoms with van der Waals surface area (Å²) in [5, 5.41) is 3.66. The third-order valence-electron chi connectivity index (χ3n) is 5.13. The summed E-state index contributed by atoms with van der Waals surface area (Å²) in [6.45, 7) is 0.816. The van der Waals surface area contributed by atoms with Crippen molar-refractivity contribution >= 4 is 22.6 Å². The molecular weight excluding hydrogens is 326 g/mol. The summed E-state index contributed by atoms with van der Waals surface area (Å²) < 4.78 is 0. The van der Waals surface area contributed by atoms with Gasteiger partial charge in [-0.3, -0.25) is 14.5 Å². The van der Waals surface area contributed by atoms with Gasteiger partial charge in [0.2, 0.25) is 5.91 Å². The molecule has 2 N–H and O–H groups in total. The molecule has 1 aromatic heterocycles. The lowest BCUT2D eigenvalue weighted by molar-refractivity contribution is -0.126. The van der Waals surface area contributed by atoms with Crippen molar-refractivity contribution in [2.24, 2.45) is 0 Å². The van der Waals surface area contributed by atoms with E-state index in [1.807, 2.05) is 41.3 Å². The molecule has 0 spiro atoms. The minimum Gasteiger partial charge on any atom is -0.360 e. The Kier molecular flexibility index (Phi) is 4.31. The van der Waals surface area contributed by atoms with Crippen LogP contribution in [0.2, 0.25) is 0 Å². The summed E-state index contributed by atoms with van der Waals surface area (Å²) in [7, 11) is 1.64. The minimum absolute atomic E-state index is 0.0238. The number of hydrogen-bond donors (Lipinski definition) is 2. The SMILES string of the molecule is CNC(=O)[C@@H]1Cc2ccccc2CN1CC(=O)c1c[nH]c2ccccc12. The van der Waals surface area contributed by atoms with Crippen LogP contribution in [0.15, 0.2) is 54.7 Å². The molecule has 2 aromatic carbocycles. The maximum absolute atomic E-state index is 13.0. The number of rotatable bonds is 4. The maximum Gasteiger partial charge on any atom is 0.237 e. The van der Waals surface area contributed by atoms with Gasteiger partial charge in [-0.05, 0) is 23.6 Å². The fraction of sp³-hybridized carbons (Fsp3) is 0.238. The normalized spacial score (nSPS) is 17.0. The summed E-state index contributed by atoms with van der Waals surface area (Å²) in [4.78, 5) is 30.5. The van der Waals surface area contributed by atoms with Crippen molar-refractivity contribution in [2.45, 2.75) is 19.0 Å². The van der Waals surface area contributed by atoms with Crippen LogP contribution in [-0.2, 0) is 17.8 Å². The van der Waals surface area contributed by atoms with Crippen LogP contribution in [0, 0.1) is 0 Å². The highest BCUT2D eigenvalue weighted by molar-refractivity contribution is 6.08. The fourth-order valence-corrected chi connectivity index (χ4v) is 3.74. The summed E-state index contributed by atoms with van der Waals surface area (Å²) in [5.74, 6) is -0.0260. The van der Waals surface area contributed by atoms with Gasteiger partial charge in [0.15, 0.2) is 5.78 Å². The van der Waals surface area contributed by atoms with E-state index in [9.17, 15) is 9.59 Å². The number of para-hydroxylation sites is 1. The van der Waals surface area contributed by atoms with Crippen LogP contribution in [-0.4, -0.2) is 41.2 Å². The van der Waals surface area contributed by atoms with E-state index in [1.54, 1.807) is 13.2 Å². The first kappa shape index (κ1) is 16.5. The quantitative estimate of drug-likeness (QED) is 0.713. The van der Waals surface area contributed by atoms with Gasteiger partial charge in [-0.15, -0.1) is 0 Å². The number of amides is 1. The zero-order valence-electron chi connectivity index (χ0n) is 14.7. The molecule has 3 aromatic rings. The molecule has 5 nitrogen and oxygen atoms in total. The first-order valence-corrected chi connectivity index (χ1v) is 8.79. The molecule has 26 heavy (non-hydrogen) atoms. The molecule has 1 atom stereocenters. The van der Waals surface area contributed by atoms with Gasteiger partial charge >= 0.3 is 0 Å². The van der Waals surface area contributed by atoms with Crippen molar-refractivity contribution in [1.29, 1.82) is 0 Å². The minimum atomic E-state index is -0.330. The van der Waals surface area contributed by atoms with Gasteiger partial charge in [-0.1, -0.05) is 42.5 Å². The molecule has 1 amide bonds. The predicted octanol–water partition coefficient (Wildman–Crippen LogP) is 2.52. The Balaban J connectivity index is 1.62. The number of ketones is 1. The molecule has 132 valence electrons. The number of aromatic amines is 1. The number of Topliss-reactive ketones (excluding diaryl/α,β-unsaturated/α-hetero) is 1. The second-order valence-electron chi connectivity index (χ2n) is 6.68. The third kappa shape index (κ3) is 2.91. The number of fused-ring (bicyclic) bond motifs is 2. The molecule has 1 aliphatic rings. The van der Waals surface area contributed by atoms with Crippen molar-refractivity contribution in [3.63, 3.8) is 0 Å². The molecule has 4 rings (SSSR count). The molecule has 0 saturated carbocycles. The van der Waals surface area contributed by atoms with E-state index in [1.165, 1.54) is 11.1 Å². The Hall–Kier alpha value is -2.92. The number of carbonyl (C=O) groups excluding carboxylic acids is 2. The molecule has 1 aliphatic heterocycles. The van der Waals surface area contributed by atoms with Crippen LogP contribution in [0.5, 0.6) is 0 Å². The van der Waals surface area contributed by atoms with Gasteiger partial charge < -0.3 is 10.3 Å². The summed E-state index contributed by atoms with van der Waals surface area (Å²) in [5.41, 5.74) is 3.98. The van der Waals surface area contributed by atoms with Crippen LogP contribution < -0.4 is 5.32 Å². The number of likely N-dealkylation sites (N-methyl/N-ethyl adjacent to an activating group) is 1. The van der Waals surface area contributed by atoms with Crippen molar-refractivity contribution in [3.8, 4) is 0 Å². The van der Waals surface area contributed by atoms with E-state index in [-0.39, 0.29) is 24.3 Å². The zero-order valence-corrected chi connectivity index (χ0v) is 14.7. The van der Waals surface area contributed by atoms with Gasteiger partial charge in [0.25, 0.3) is 0 Å². The van der Waals surface area contributed by atoms with Gasteiger partial charge in [-0.25, -0.2) is 0 Å². The number of hydrogen-bond acceptors (Lipinski definition) is 3. The van der Waals surface area contributed by atoms with Crippen molar-refractivity contribution in [1.82, 2.24) is 15.2 Å². The molecular formula is C21H21N3O2. The largest absolute Gasteiger partial charge is 0.360 e. The Morgan fingerprint density at radius 3 is 2.65 bits per heavy atom. The number of aromatic nitrogens is 1. The van der Waals surface area contributed by atoms with E-state index >= 15 is 0 Å². The fourth-order valence-electron chi connectivity index (χ4n) is 3.74. The van der Waals surface area contributed by atoms with Crippen molar-refractivity contribution < 1.29 is 9.59 Å². The molecule has 0 aliphatic carbocycles. The van der Waals surface area contributed by atoms with Gasteiger partial charge in [0, 0.05) is 36.3 Å². The molecule has 0 saturated heterocycles. The number of benzene rings is 2. The Morgan fingerprint density at radius 1 is 1.12 bits per heavy atom. The van der Waals surface area contributed by atoms with Crippen LogP contribution in [0.4, 0.5) is 0 Å². The molecule has 0 unspecified atom stereocenters. The van der Waals surface area contributed by atoms with E-state index in [4.69, 9.17) is 0 Å². The Bertz CT molecular complexity index is 976. The predicted molar refractivity (Wildman–Crippen MR) is 101 cm³/mol. The van der Waals surface area contributed by atoms with E-state index in [0.717, 1.165) is 10.9 Å². The van der Waals surface area contributed by atoms with E-state index in [0.29, 0.717) is 18.5 Å². The van der Waals surface area contributed by atoms with Crippen LogP contribution >= 0.6 is 0 Å². The second-order valence-corrected chi connectivity index (χ2v) is 6.68. The number of carbonyl (C=O) groups is 2. The lowest BCUT2D eigenvalue weighted by atomic mass is 9.93. The zero-order chi connectivity index (χ0) is 18.1. The Morgan fingerprint density at radius 2 is 1.85 bits per heavy atom. The standard InChI is InChI=1S/C21H21N3O2/c1-22-21(26)19-10-14-6-2-3-7-15(14)12-24(19)13-20(25)17-11-23-18-9-5-4-8-16(17)18/h2-9,11,19,23H,10,12-13H2,1H3,(H,22,26)/t19-/m0/s1. The second kappa shape index (κ2) is 6.77. The molecule has 5 heteroatoms. The summed E-state index contributed by atoms with van der Waals surface area (Å²) >= 11 is 0. The van der Waals surface area contributed by atoms with Gasteiger partial charge in [-0.2, -0.15) is 0 Å². The molecule has 0 fully saturated rings. The average molecular weight is 347 g/mol. The first-order chi connectivity index (χ1) is 12.7. The van der Waals surface area contributed by atoms with Crippen LogP contribution in [0.3, 0.4) is 0 Å². The lowest BCUT2D eigenvalue weighted by Gasteiger charge is -2.35. The molecule has 2 heterocycles. The topological polar surface area (TPSA) is 65.2 Å². The van der Waals surface area contributed by atoms with Crippen LogP contribution in [0.1, 0.15) is 21.5 Å². The van der Waals surface area contributed by atoms with Gasteiger partial charge in [0.1, 0.15) is 0 Å². The highest BCUT2D eigenvalue weighted by Gasteiger charge is 2.32. The maximum atomic E-state index is 13.0. The highest BCUT2D eigenvalue weighted by atomic mass is 16.2. The highest BCUT2D eigenvalue weighted by Crippen LogP contribution is 2.25. The Labute approximate surface area is 152 Å². The van der Waals surface area contributed by atoms with Crippen LogP contribution in [0.25, 0.3) is 10.9 Å². The summed E-state index contributed by atoms with van der Waals surface area (Å²) in [6.07, 6.45) is 2.39. The molecule has 0 bridgehead atoms. The number of nitrogens with zero attached hydrogens (tertiary/aromatic N) is 1. The van der Waals surface area contributed by atoms with Crippen molar-refractivity contribution in [2.75, 3.05) is 13.6 Å². The summed E-state index contributed by atoms with van der Waals surface area (Å²) in [6, 6.07) is 15.6. The van der Waals surface area contributed by atoms with Gasteiger partial charge in [0.05, 0.1) is 12.6 Å². The third-order valence-corrected chi connectivity index (χ3v) is 5.13. The monoisotopic (exact) mass is 347 g/mol. The lowest BCUT2D eigenvalue weighted by Crippen LogP contribution is -2.51. The number of nitrogens with one attached hydrogen (secondary N) is 2. The number of H-pyrrole nitrogens is 1. The van der Waals surface area contributed by atoms with E-state index < -0.39 is 0 Å².